The number of allylic oxidation sites excluding steroid dienone is 1. The molecule has 1 aliphatic heterocycles. The first-order valence-corrected chi connectivity index (χ1v) is 11.9. The van der Waals surface area contributed by atoms with Crippen LogP contribution in [-0.4, -0.2) is 46.7 Å². The average molecular weight is 452 g/mol. The second kappa shape index (κ2) is 6.92. The molecule has 32 heavy (non-hydrogen) atoms. The first-order chi connectivity index (χ1) is 14.9. The number of hydrogen-bond donors (Lipinski definition) is 1. The molecule has 8 atom stereocenters. The molecule has 4 aliphatic carbocycles. The fourth-order valence-corrected chi connectivity index (χ4v) is 8.16. The monoisotopic (exact) mass is 451 g/mol. The average Bonchev–Trinajstić information content (AvgIpc) is 3.02. The molecule has 0 bridgehead atoms. The van der Waals surface area contributed by atoms with E-state index in [1.54, 1.807) is 6.92 Å². The number of ketones is 2. The van der Waals surface area contributed by atoms with Gasteiger partial charge in [-0.1, -0.05) is 27.2 Å². The van der Waals surface area contributed by atoms with Crippen LogP contribution in [0.25, 0.3) is 0 Å². The van der Waals surface area contributed by atoms with Crippen LogP contribution >= 0.6 is 0 Å². The van der Waals surface area contributed by atoms with Gasteiger partial charge in [-0.2, -0.15) is 0 Å². The Hall–Kier alpha value is -1.18. The topological polar surface area (TPSA) is 72.8 Å². The molecule has 3 saturated carbocycles. The molecule has 0 aromatic heterocycles. The molecule has 5 nitrogen and oxygen atoms in total. The lowest BCUT2D eigenvalue weighted by Crippen LogP contribution is -2.73. The Bertz CT molecular complexity index is 882. The molecule has 0 amide bonds. The van der Waals surface area contributed by atoms with E-state index >= 15 is 8.78 Å². The van der Waals surface area contributed by atoms with E-state index in [-0.39, 0.29) is 42.5 Å². The Balaban J connectivity index is 1.56. The van der Waals surface area contributed by atoms with Gasteiger partial charge in [0.1, 0.15) is 17.6 Å². The molecule has 0 unspecified atom stereocenters. The van der Waals surface area contributed by atoms with Gasteiger partial charge in [-0.3, -0.25) is 9.59 Å². The summed E-state index contributed by atoms with van der Waals surface area (Å²) in [4.78, 5) is 25.1. The fourth-order valence-electron chi connectivity index (χ4n) is 8.16. The Morgan fingerprint density at radius 1 is 1.28 bits per heavy atom. The second-order valence-corrected chi connectivity index (χ2v) is 11.2. The zero-order chi connectivity index (χ0) is 23.3. The van der Waals surface area contributed by atoms with Crippen LogP contribution in [0.5, 0.6) is 0 Å². The molecule has 0 aromatic rings. The summed E-state index contributed by atoms with van der Waals surface area (Å²) >= 11 is 0. The predicted molar refractivity (Wildman–Crippen MR) is 112 cm³/mol. The van der Waals surface area contributed by atoms with Gasteiger partial charge in [-0.25, -0.2) is 8.78 Å². The van der Waals surface area contributed by atoms with Crippen molar-refractivity contribution in [1.82, 2.24) is 0 Å². The lowest BCUT2D eigenvalue weighted by Gasteiger charge is -2.65. The highest BCUT2D eigenvalue weighted by Crippen LogP contribution is 2.71. The third kappa shape index (κ3) is 2.59. The lowest BCUT2D eigenvalue weighted by molar-refractivity contribution is -0.439. The smallest absolute Gasteiger partial charge is 0.238 e. The molecule has 1 spiro atoms. The molecule has 1 heterocycles. The molecule has 5 aliphatic rings. The predicted octanol–water partition coefficient (Wildman–Crippen LogP) is 4.03. The molecule has 7 heteroatoms. The van der Waals surface area contributed by atoms with Crippen molar-refractivity contribution in [3.63, 3.8) is 0 Å². The Kier molecular flexibility index (Phi) is 4.89. The maximum absolute atomic E-state index is 17.3. The van der Waals surface area contributed by atoms with Gasteiger partial charge >= 0.3 is 0 Å². The van der Waals surface area contributed by atoms with Crippen LogP contribution in [-0.2, 0) is 19.1 Å². The Labute approximate surface area is 187 Å². The summed E-state index contributed by atoms with van der Waals surface area (Å²) < 4.78 is 44.6. The summed E-state index contributed by atoms with van der Waals surface area (Å²) in [7, 11) is 0. The van der Waals surface area contributed by atoms with E-state index in [9.17, 15) is 14.7 Å². The third-order valence-corrected chi connectivity index (χ3v) is 9.64. The Morgan fingerprint density at radius 3 is 2.59 bits per heavy atom. The summed E-state index contributed by atoms with van der Waals surface area (Å²) in [5, 5.41) is 11.3. The number of fused-ring (bicyclic) bond motifs is 5. The number of ether oxygens (including phenoxy) is 2. The quantitative estimate of drug-likeness (QED) is 0.702. The van der Waals surface area contributed by atoms with Crippen molar-refractivity contribution in [3.8, 4) is 0 Å². The van der Waals surface area contributed by atoms with Crippen molar-refractivity contribution >= 4 is 11.6 Å². The fraction of sp³-hybridized carbons (Fsp3) is 0.800. The standard InChI is InChI=1S/C25H33F2O5/c1-5-6-21-31-24(32-21)12-23(4)17(10-19(24)29)18(26)9-16-15-8-7-14(13(2)28)22(15,3)11-20(30)25(16,23)27/h10,14-16,18,20-21,30H,2,5-9,11-12H2,1,3-4H3/t14-,15-,16-,18-,20-,21?,22+,23-,24?,25-/m0/s1. The number of carbonyl (C=O) groups is 2. The summed E-state index contributed by atoms with van der Waals surface area (Å²) in [6, 6.07) is 0. The van der Waals surface area contributed by atoms with Crippen LogP contribution in [0, 0.1) is 35.5 Å². The molecule has 5 rings (SSSR count). The number of hydrogen-bond acceptors (Lipinski definition) is 5. The normalized spacial score (nSPS) is 54.3. The number of aliphatic hydroxyl groups is 1. The van der Waals surface area contributed by atoms with Gasteiger partial charge in [-0.15, -0.1) is 0 Å². The van der Waals surface area contributed by atoms with Gasteiger partial charge in [0.05, 0.1) is 6.10 Å². The molecule has 1 radical (unpaired) electrons. The molecular weight excluding hydrogens is 418 g/mol. The van der Waals surface area contributed by atoms with Gasteiger partial charge in [0.15, 0.2) is 6.29 Å². The number of halogens is 2. The van der Waals surface area contributed by atoms with Crippen molar-refractivity contribution < 1.29 is 33.0 Å². The van der Waals surface area contributed by atoms with E-state index in [1.165, 1.54) is 6.08 Å². The molecule has 1 saturated heterocycles. The van der Waals surface area contributed by atoms with Gasteiger partial charge in [-0.05, 0) is 55.1 Å². The van der Waals surface area contributed by atoms with Crippen LogP contribution < -0.4 is 0 Å². The summed E-state index contributed by atoms with van der Waals surface area (Å²) in [6.45, 7) is 9.09. The summed E-state index contributed by atoms with van der Waals surface area (Å²) in [5.74, 6) is -3.67. The number of carbonyl (C=O) groups excluding carboxylic acids is 2. The van der Waals surface area contributed by atoms with Crippen molar-refractivity contribution in [3.05, 3.63) is 18.6 Å². The number of alkyl halides is 2. The highest BCUT2D eigenvalue weighted by atomic mass is 19.1. The van der Waals surface area contributed by atoms with E-state index in [1.807, 2.05) is 13.8 Å². The maximum atomic E-state index is 17.3. The first-order valence-electron chi connectivity index (χ1n) is 11.9. The van der Waals surface area contributed by atoms with Gasteiger partial charge in [0.25, 0.3) is 0 Å². The molecule has 0 aromatic carbocycles. The molecule has 177 valence electrons. The SMILES string of the molecule is [CH2]C(=O)[C@@H]1CC[C@H]2[C@@H]3C[C@H](F)C4=CC(=O)C5(C[C@]4(C)[C@@]3(F)[C@@H](O)C[C@]12C)OC(CCC)O5. The van der Waals surface area contributed by atoms with Gasteiger partial charge < -0.3 is 14.6 Å². The summed E-state index contributed by atoms with van der Waals surface area (Å²) in [5.41, 5.74) is -4.12. The maximum Gasteiger partial charge on any atom is 0.238 e. The Morgan fingerprint density at radius 2 is 1.97 bits per heavy atom. The van der Waals surface area contributed by atoms with E-state index in [2.05, 4.69) is 6.92 Å². The zero-order valence-electron chi connectivity index (χ0n) is 19.0. The van der Waals surface area contributed by atoms with Gasteiger partial charge in [0.2, 0.25) is 11.6 Å². The largest absolute Gasteiger partial charge is 0.390 e. The number of rotatable bonds is 3. The molecular formula is C25H33F2O5. The minimum absolute atomic E-state index is 0.100. The van der Waals surface area contributed by atoms with E-state index in [0.717, 1.165) is 6.42 Å². The highest BCUT2D eigenvalue weighted by Gasteiger charge is 2.75. The number of Topliss-reactive ketones (excluding diaryl/α,β-unsaturated/α-hetero) is 1. The van der Waals surface area contributed by atoms with Crippen LogP contribution in [0.3, 0.4) is 0 Å². The first kappa shape index (κ1) is 22.6. The van der Waals surface area contributed by atoms with Crippen LogP contribution in [0.15, 0.2) is 11.6 Å². The van der Waals surface area contributed by atoms with Crippen molar-refractivity contribution in [2.45, 2.75) is 95.7 Å². The van der Waals surface area contributed by atoms with Crippen molar-refractivity contribution in [1.29, 1.82) is 0 Å². The third-order valence-electron chi connectivity index (χ3n) is 9.64. The molecule has 4 fully saturated rings. The van der Waals surface area contributed by atoms with Crippen molar-refractivity contribution in [2.75, 3.05) is 0 Å². The highest BCUT2D eigenvalue weighted by molar-refractivity contribution is 5.98. The molecule has 1 N–H and O–H groups in total. The second-order valence-electron chi connectivity index (χ2n) is 11.2. The van der Waals surface area contributed by atoms with Crippen LogP contribution in [0.4, 0.5) is 8.78 Å². The van der Waals surface area contributed by atoms with Crippen molar-refractivity contribution in [2.24, 2.45) is 28.6 Å². The minimum Gasteiger partial charge on any atom is -0.390 e. The lowest BCUT2D eigenvalue weighted by atomic mass is 9.43. The van der Waals surface area contributed by atoms with E-state index in [4.69, 9.17) is 9.47 Å². The summed E-state index contributed by atoms with van der Waals surface area (Å²) in [6.07, 6.45) is 0.193. The minimum atomic E-state index is -2.15. The number of aliphatic hydroxyl groups excluding tert-OH is 1. The van der Waals surface area contributed by atoms with Crippen LogP contribution in [0.2, 0.25) is 0 Å². The van der Waals surface area contributed by atoms with Crippen LogP contribution in [0.1, 0.15) is 65.7 Å². The zero-order valence-corrected chi connectivity index (χ0v) is 19.0. The van der Waals surface area contributed by atoms with E-state index in [0.29, 0.717) is 19.3 Å². The van der Waals surface area contributed by atoms with Gasteiger partial charge in [0, 0.05) is 30.6 Å². The van der Waals surface area contributed by atoms with E-state index < -0.39 is 52.6 Å².